The molecule has 0 aliphatic heterocycles. The van der Waals surface area contributed by atoms with E-state index in [1.165, 1.54) is 48.8 Å². The molecule has 0 unspecified atom stereocenters. The number of nitrogens with zero attached hydrogens (tertiary/aromatic N) is 2. The Morgan fingerprint density at radius 3 is 0.967 bits per heavy atom. The summed E-state index contributed by atoms with van der Waals surface area (Å²) in [6.07, 6.45) is 3.02. The summed E-state index contributed by atoms with van der Waals surface area (Å²) in [6, 6.07) is 26.0. The van der Waals surface area contributed by atoms with E-state index in [2.05, 4.69) is 9.97 Å². The highest BCUT2D eigenvalue weighted by molar-refractivity contribution is 6.09. The predicted octanol–water partition coefficient (Wildman–Crippen LogP) is 14.0. The Hall–Kier alpha value is -7.48. The van der Waals surface area contributed by atoms with Crippen LogP contribution < -0.4 is 0 Å². The zero-order chi connectivity index (χ0) is 41.7. The van der Waals surface area contributed by atoms with Gasteiger partial charge in [0.15, 0.2) is 57.7 Å². The van der Waals surface area contributed by atoms with E-state index in [1.807, 2.05) is 48.5 Å². The molecule has 14 heteroatoms. The van der Waals surface area contributed by atoms with E-state index in [0.29, 0.717) is 44.1 Å². The van der Waals surface area contributed by atoms with Gasteiger partial charge in [-0.2, -0.15) is 0 Å². The molecule has 4 nitrogen and oxygen atoms in total. The van der Waals surface area contributed by atoms with E-state index in [-0.39, 0.29) is 22.3 Å². The fourth-order valence-corrected chi connectivity index (χ4v) is 7.48. The number of rotatable bonds is 5. The van der Waals surface area contributed by atoms with Gasteiger partial charge >= 0.3 is 0 Å². The molecule has 10 aromatic rings. The van der Waals surface area contributed by atoms with Gasteiger partial charge in [-0.1, -0.05) is 60.7 Å². The minimum absolute atomic E-state index is 0.253. The van der Waals surface area contributed by atoms with E-state index < -0.39 is 69.3 Å². The van der Waals surface area contributed by atoms with Crippen molar-refractivity contribution in [3.8, 4) is 55.6 Å². The molecule has 6 aromatic carbocycles. The van der Waals surface area contributed by atoms with Crippen LogP contribution in [0.1, 0.15) is 0 Å². The minimum atomic E-state index is -2.25. The summed E-state index contributed by atoms with van der Waals surface area (Å²) in [6.45, 7) is 0. The third kappa shape index (κ3) is 5.47. The molecule has 294 valence electrons. The second kappa shape index (κ2) is 13.5. The standard InChI is InChI=1S/C46H18F10N2O2/c47-33-31(34(48)38(52)41(55)37(33)51)23-9-11-29-27(17-23)43-45(59-29)25(13-15-57-43)21-5-1-19(2-6-21)20-3-7-22(8-4-20)26-14-16-58-44-28-18-24(10-12-30(28)60-46(26)44)32-35(49)39(53)42(56)40(54)36(32)50/h1-18H. The molecule has 0 atom stereocenters. The Kier molecular flexibility index (Phi) is 8.32. The summed E-state index contributed by atoms with van der Waals surface area (Å²) in [5.74, 6) is -20.5. The Labute approximate surface area is 329 Å². The molecule has 0 aliphatic carbocycles. The van der Waals surface area contributed by atoms with Gasteiger partial charge in [0.2, 0.25) is 11.6 Å². The maximum Gasteiger partial charge on any atom is 0.200 e. The summed E-state index contributed by atoms with van der Waals surface area (Å²) in [7, 11) is 0. The van der Waals surface area contributed by atoms with Gasteiger partial charge in [0.05, 0.1) is 11.1 Å². The summed E-state index contributed by atoms with van der Waals surface area (Å²) < 4.78 is 154. The summed E-state index contributed by atoms with van der Waals surface area (Å²) in [4.78, 5) is 8.76. The van der Waals surface area contributed by atoms with E-state index in [1.54, 1.807) is 12.1 Å². The zero-order valence-electron chi connectivity index (χ0n) is 29.9. The summed E-state index contributed by atoms with van der Waals surface area (Å²) in [5.41, 5.74) is 3.60. The van der Waals surface area contributed by atoms with Crippen LogP contribution in [0.25, 0.3) is 99.8 Å². The van der Waals surface area contributed by atoms with Crippen LogP contribution in [-0.2, 0) is 0 Å². The smallest absolute Gasteiger partial charge is 0.200 e. The largest absolute Gasteiger partial charge is 0.454 e. The molecular formula is C46H18F10N2O2. The van der Waals surface area contributed by atoms with Crippen LogP contribution in [-0.4, -0.2) is 9.97 Å². The third-order valence-electron chi connectivity index (χ3n) is 10.4. The number of hydrogen-bond acceptors (Lipinski definition) is 4. The van der Waals surface area contributed by atoms with Crippen LogP contribution in [0.3, 0.4) is 0 Å². The van der Waals surface area contributed by atoms with E-state index in [4.69, 9.17) is 8.83 Å². The molecule has 4 aromatic heterocycles. The first-order valence-electron chi connectivity index (χ1n) is 17.8. The number of aromatic nitrogens is 2. The van der Waals surface area contributed by atoms with E-state index >= 15 is 0 Å². The zero-order valence-corrected chi connectivity index (χ0v) is 29.9. The van der Waals surface area contributed by atoms with Gasteiger partial charge < -0.3 is 8.83 Å². The molecule has 0 N–H and O–H groups in total. The molecule has 4 heterocycles. The maximum atomic E-state index is 14.7. The summed E-state index contributed by atoms with van der Waals surface area (Å²) >= 11 is 0. The molecule has 60 heavy (non-hydrogen) atoms. The fourth-order valence-electron chi connectivity index (χ4n) is 7.48. The lowest BCUT2D eigenvalue weighted by atomic mass is 9.97. The molecule has 10 rings (SSSR count). The highest BCUT2D eigenvalue weighted by Gasteiger charge is 2.29. The molecule has 0 saturated heterocycles. The van der Waals surface area contributed by atoms with Crippen LogP contribution >= 0.6 is 0 Å². The summed E-state index contributed by atoms with van der Waals surface area (Å²) in [5, 5.41) is 0.598. The van der Waals surface area contributed by atoms with Crippen molar-refractivity contribution in [2.45, 2.75) is 0 Å². The van der Waals surface area contributed by atoms with Gasteiger partial charge in [-0.25, -0.2) is 43.9 Å². The SMILES string of the molecule is Fc1c(F)c(F)c(-c2ccc3oc4c(-c5ccc(-c6ccc(-c7ccnc8c7oc7ccc(-c9c(F)c(F)c(F)c(F)c9F)cc78)cc6)cc5)ccnc4c3c2)c(F)c1F. The van der Waals surface area contributed by atoms with Gasteiger partial charge in [0.25, 0.3) is 0 Å². The van der Waals surface area contributed by atoms with Crippen molar-refractivity contribution in [3.05, 3.63) is 168 Å². The van der Waals surface area contributed by atoms with E-state index in [9.17, 15) is 43.9 Å². The number of fused-ring (bicyclic) bond motifs is 6. The molecule has 0 saturated carbocycles. The lowest BCUT2D eigenvalue weighted by Crippen LogP contribution is -2.03. The number of hydrogen-bond donors (Lipinski definition) is 0. The van der Waals surface area contributed by atoms with Crippen LogP contribution in [0.2, 0.25) is 0 Å². The highest BCUT2D eigenvalue weighted by Crippen LogP contribution is 2.41. The van der Waals surface area contributed by atoms with Crippen molar-refractivity contribution >= 4 is 44.1 Å². The molecule has 0 amide bonds. The molecule has 0 spiro atoms. The van der Waals surface area contributed by atoms with Crippen molar-refractivity contribution in [1.29, 1.82) is 0 Å². The maximum absolute atomic E-state index is 14.7. The van der Waals surface area contributed by atoms with Crippen molar-refractivity contribution in [2.24, 2.45) is 0 Å². The Bertz CT molecular complexity index is 3150. The van der Waals surface area contributed by atoms with Gasteiger partial charge in [0, 0.05) is 34.3 Å². The monoisotopic (exact) mass is 820 g/mol. The molecular weight excluding hydrogens is 802 g/mol. The van der Waals surface area contributed by atoms with Crippen molar-refractivity contribution in [3.63, 3.8) is 0 Å². The lowest BCUT2D eigenvalue weighted by molar-refractivity contribution is 0.381. The van der Waals surface area contributed by atoms with Gasteiger partial charge in [0.1, 0.15) is 22.2 Å². The molecule has 0 fully saturated rings. The Morgan fingerprint density at radius 1 is 0.317 bits per heavy atom. The Morgan fingerprint density at radius 2 is 0.617 bits per heavy atom. The average Bonchev–Trinajstić information content (AvgIpc) is 3.85. The van der Waals surface area contributed by atoms with Crippen LogP contribution in [0.5, 0.6) is 0 Å². The number of benzene rings is 6. The van der Waals surface area contributed by atoms with Crippen molar-refractivity contribution in [2.75, 3.05) is 0 Å². The van der Waals surface area contributed by atoms with Crippen LogP contribution in [0, 0.1) is 58.2 Å². The first-order chi connectivity index (χ1) is 28.9. The minimum Gasteiger partial charge on any atom is -0.454 e. The number of pyridine rings is 2. The first kappa shape index (κ1) is 36.8. The normalized spacial score (nSPS) is 11.8. The van der Waals surface area contributed by atoms with Gasteiger partial charge in [-0.05, 0) is 69.8 Å². The quantitative estimate of drug-likeness (QED) is 0.0986. The number of furan rings is 2. The third-order valence-corrected chi connectivity index (χ3v) is 10.4. The second-order valence-corrected chi connectivity index (χ2v) is 13.7. The van der Waals surface area contributed by atoms with E-state index in [0.717, 1.165) is 22.3 Å². The average molecular weight is 821 g/mol. The molecule has 0 radical (unpaired) electrons. The highest BCUT2D eigenvalue weighted by atomic mass is 19.2. The predicted molar refractivity (Wildman–Crippen MR) is 203 cm³/mol. The topological polar surface area (TPSA) is 52.1 Å². The number of halogens is 10. The molecule has 0 bridgehead atoms. The molecule has 0 aliphatic rings. The van der Waals surface area contributed by atoms with Crippen molar-refractivity contribution in [1.82, 2.24) is 9.97 Å². The first-order valence-corrected chi connectivity index (χ1v) is 17.8. The van der Waals surface area contributed by atoms with Crippen LogP contribution in [0.4, 0.5) is 43.9 Å². The fraction of sp³-hybridized carbons (Fsp3) is 0. The lowest BCUT2D eigenvalue weighted by Gasteiger charge is -2.08. The van der Waals surface area contributed by atoms with Gasteiger partial charge in [-0.3, -0.25) is 9.97 Å². The second-order valence-electron chi connectivity index (χ2n) is 13.7. The van der Waals surface area contributed by atoms with Crippen molar-refractivity contribution < 1.29 is 52.7 Å². The van der Waals surface area contributed by atoms with Gasteiger partial charge in [-0.15, -0.1) is 0 Å². The van der Waals surface area contributed by atoms with Crippen LogP contribution in [0.15, 0.2) is 118 Å². The Balaban J connectivity index is 0.956.